The summed E-state index contributed by atoms with van der Waals surface area (Å²) in [7, 11) is -3.04. The Labute approximate surface area is 140 Å². The molecular weight excluding hydrogens is 345 g/mol. The van der Waals surface area contributed by atoms with Crippen molar-refractivity contribution in [2.45, 2.75) is 31.7 Å². The Kier molecular flexibility index (Phi) is 6.41. The molecular formula is C15H17ClFNO4S. The molecule has 0 saturated heterocycles. The Morgan fingerprint density at radius 2 is 2.22 bits per heavy atom. The molecule has 0 amide bonds. The molecule has 5 nitrogen and oxygen atoms in total. The van der Waals surface area contributed by atoms with Gasteiger partial charge >= 0.3 is 0 Å². The summed E-state index contributed by atoms with van der Waals surface area (Å²) in [6.45, 7) is 0.515. The first-order chi connectivity index (χ1) is 11.0. The molecule has 0 aromatic heterocycles. The maximum atomic E-state index is 14.2. The number of carbonyl (C=O) groups is 1. The number of ether oxygens (including phenoxy) is 1. The zero-order valence-electron chi connectivity index (χ0n) is 12.3. The highest BCUT2D eigenvalue weighted by atomic mass is 35.5. The molecule has 126 valence electrons. The Balaban J connectivity index is 2.33. The number of thiol groups is 1. The van der Waals surface area contributed by atoms with Gasteiger partial charge in [-0.25, -0.2) is 12.8 Å². The fourth-order valence-corrected chi connectivity index (χ4v) is 3.72. The van der Waals surface area contributed by atoms with E-state index in [1.807, 2.05) is 6.08 Å². The van der Waals surface area contributed by atoms with E-state index in [2.05, 4.69) is 4.74 Å². The first kappa shape index (κ1) is 17.7. The van der Waals surface area contributed by atoms with Gasteiger partial charge < -0.3 is 4.74 Å². The second-order valence-corrected chi connectivity index (χ2v) is 6.46. The SMILES string of the molecule is O=COCCC1=CCCCC1N(c1ccc(Cl)cc1F)[SH](=O)=O. The van der Waals surface area contributed by atoms with Crippen molar-refractivity contribution in [1.82, 2.24) is 0 Å². The van der Waals surface area contributed by atoms with Crippen LogP contribution in [-0.2, 0) is 20.4 Å². The van der Waals surface area contributed by atoms with Crippen LogP contribution in [0.1, 0.15) is 25.7 Å². The van der Waals surface area contributed by atoms with Gasteiger partial charge in [0.05, 0.1) is 18.3 Å². The van der Waals surface area contributed by atoms with Gasteiger partial charge in [0.1, 0.15) is 5.82 Å². The molecule has 0 bridgehead atoms. The highest BCUT2D eigenvalue weighted by molar-refractivity contribution is 7.74. The van der Waals surface area contributed by atoms with Crippen LogP contribution in [0.4, 0.5) is 10.1 Å². The first-order valence-electron chi connectivity index (χ1n) is 7.17. The normalized spacial score (nSPS) is 17.7. The molecule has 1 aromatic rings. The molecule has 1 aliphatic rings. The minimum atomic E-state index is -3.04. The predicted molar refractivity (Wildman–Crippen MR) is 86.6 cm³/mol. The van der Waals surface area contributed by atoms with Crippen LogP contribution in [0, 0.1) is 5.82 Å². The molecule has 0 saturated carbocycles. The van der Waals surface area contributed by atoms with E-state index in [0.717, 1.165) is 28.8 Å². The largest absolute Gasteiger partial charge is 0.468 e. The molecule has 0 heterocycles. The lowest BCUT2D eigenvalue weighted by Crippen LogP contribution is -2.37. The molecule has 0 aliphatic heterocycles. The quantitative estimate of drug-likeness (QED) is 0.351. The van der Waals surface area contributed by atoms with Crippen molar-refractivity contribution in [1.29, 1.82) is 0 Å². The summed E-state index contributed by atoms with van der Waals surface area (Å²) >= 11 is 5.73. The standard InChI is InChI=1S/C15H17ClFNO4S/c16-12-5-6-15(13(17)9-12)18(23(20)21)14-4-2-1-3-11(14)7-8-22-10-19/h3,5-6,9-10,14,23H,1-2,4,7-8H2. The van der Waals surface area contributed by atoms with Crippen LogP contribution < -0.4 is 4.31 Å². The van der Waals surface area contributed by atoms with E-state index in [1.54, 1.807) is 0 Å². The van der Waals surface area contributed by atoms with Crippen molar-refractivity contribution in [3.05, 3.63) is 40.7 Å². The van der Waals surface area contributed by atoms with Gasteiger partial charge in [0.15, 0.2) is 0 Å². The topological polar surface area (TPSA) is 63.7 Å². The van der Waals surface area contributed by atoms with Crippen molar-refractivity contribution in [3.8, 4) is 0 Å². The summed E-state index contributed by atoms with van der Waals surface area (Å²) in [6.07, 6.45) is 4.55. The number of halogens is 2. The highest BCUT2D eigenvalue weighted by Gasteiger charge is 2.28. The number of rotatable bonds is 7. The van der Waals surface area contributed by atoms with Gasteiger partial charge in [-0.05, 0) is 43.0 Å². The van der Waals surface area contributed by atoms with E-state index < -0.39 is 22.7 Å². The maximum Gasteiger partial charge on any atom is 0.293 e. The molecule has 0 N–H and O–H groups in total. The number of allylic oxidation sites excluding steroid dienone is 1. The summed E-state index contributed by atoms with van der Waals surface area (Å²) < 4.78 is 43.4. The minimum absolute atomic E-state index is 0.0281. The summed E-state index contributed by atoms with van der Waals surface area (Å²) in [5.74, 6) is -0.689. The Hall–Kier alpha value is -1.60. The smallest absolute Gasteiger partial charge is 0.293 e. The van der Waals surface area contributed by atoms with Gasteiger partial charge in [-0.15, -0.1) is 0 Å². The van der Waals surface area contributed by atoms with Crippen LogP contribution >= 0.6 is 11.6 Å². The molecule has 1 unspecified atom stereocenters. The zero-order valence-corrected chi connectivity index (χ0v) is 13.9. The van der Waals surface area contributed by atoms with Gasteiger partial charge in [-0.3, -0.25) is 9.10 Å². The second kappa shape index (κ2) is 8.31. The number of hydrogen-bond donors (Lipinski definition) is 1. The molecule has 1 aliphatic carbocycles. The lowest BCUT2D eigenvalue weighted by molar-refractivity contribution is -0.128. The third kappa shape index (κ3) is 4.45. The lowest BCUT2D eigenvalue weighted by Gasteiger charge is -2.33. The van der Waals surface area contributed by atoms with Crippen LogP contribution in [0.15, 0.2) is 29.8 Å². The van der Waals surface area contributed by atoms with Gasteiger partial charge in [0.25, 0.3) is 6.47 Å². The van der Waals surface area contributed by atoms with Gasteiger partial charge in [-0.2, -0.15) is 0 Å². The molecule has 0 spiro atoms. The zero-order chi connectivity index (χ0) is 16.8. The average molecular weight is 362 g/mol. The summed E-state index contributed by atoms with van der Waals surface area (Å²) in [5, 5.41) is 0.200. The molecule has 8 heteroatoms. The van der Waals surface area contributed by atoms with E-state index in [4.69, 9.17) is 11.6 Å². The molecule has 2 rings (SSSR count). The Bertz CT molecular complexity index is 669. The van der Waals surface area contributed by atoms with Crippen molar-refractivity contribution in [3.63, 3.8) is 0 Å². The van der Waals surface area contributed by atoms with Gasteiger partial charge in [0, 0.05) is 11.4 Å². The van der Waals surface area contributed by atoms with Gasteiger partial charge in [-0.1, -0.05) is 17.7 Å². The highest BCUT2D eigenvalue weighted by Crippen LogP contribution is 2.32. The van der Waals surface area contributed by atoms with E-state index in [1.165, 1.54) is 12.1 Å². The van der Waals surface area contributed by atoms with E-state index in [0.29, 0.717) is 19.3 Å². The maximum absolute atomic E-state index is 14.2. The molecule has 0 fully saturated rings. The third-order valence-corrected chi connectivity index (χ3v) is 4.80. The van der Waals surface area contributed by atoms with Crippen molar-refractivity contribution < 1.29 is 22.3 Å². The number of nitrogens with zero attached hydrogens (tertiary/aromatic N) is 1. The Morgan fingerprint density at radius 1 is 1.43 bits per heavy atom. The number of hydrogen-bond acceptors (Lipinski definition) is 4. The second-order valence-electron chi connectivity index (χ2n) is 5.12. The number of benzene rings is 1. The van der Waals surface area contributed by atoms with Gasteiger partial charge in [0.2, 0.25) is 10.9 Å². The van der Waals surface area contributed by atoms with Crippen LogP contribution in [0.3, 0.4) is 0 Å². The molecule has 1 atom stereocenters. The minimum Gasteiger partial charge on any atom is -0.468 e. The summed E-state index contributed by atoms with van der Waals surface area (Å²) in [5.41, 5.74) is 0.797. The Morgan fingerprint density at radius 3 is 2.87 bits per heavy atom. The number of anilines is 1. The number of carbonyl (C=O) groups excluding carboxylic acids is 1. The lowest BCUT2D eigenvalue weighted by atomic mass is 9.91. The van der Waals surface area contributed by atoms with Crippen molar-refractivity contribution >= 4 is 34.7 Å². The van der Waals surface area contributed by atoms with E-state index in [-0.39, 0.29) is 17.3 Å². The fraction of sp³-hybridized carbons (Fsp3) is 0.400. The van der Waals surface area contributed by atoms with Crippen LogP contribution in [0.5, 0.6) is 0 Å². The molecule has 23 heavy (non-hydrogen) atoms. The molecule has 0 radical (unpaired) electrons. The molecule has 1 aromatic carbocycles. The fourth-order valence-electron chi connectivity index (χ4n) is 2.73. The van der Waals surface area contributed by atoms with Crippen LogP contribution in [-0.4, -0.2) is 27.5 Å². The monoisotopic (exact) mass is 361 g/mol. The van der Waals surface area contributed by atoms with Crippen LogP contribution in [0.25, 0.3) is 0 Å². The average Bonchev–Trinajstić information content (AvgIpc) is 2.51. The third-order valence-electron chi connectivity index (χ3n) is 3.72. The van der Waals surface area contributed by atoms with E-state index in [9.17, 15) is 17.6 Å². The summed E-state index contributed by atoms with van der Waals surface area (Å²) in [4.78, 5) is 10.3. The summed E-state index contributed by atoms with van der Waals surface area (Å²) in [6, 6.07) is 3.42. The predicted octanol–water partition coefficient (Wildman–Crippen LogP) is 2.85. The van der Waals surface area contributed by atoms with Crippen molar-refractivity contribution in [2.75, 3.05) is 10.9 Å². The van der Waals surface area contributed by atoms with Crippen LogP contribution in [0.2, 0.25) is 5.02 Å². The first-order valence-corrected chi connectivity index (χ1v) is 8.68. The van der Waals surface area contributed by atoms with Crippen molar-refractivity contribution in [2.24, 2.45) is 0 Å². The van der Waals surface area contributed by atoms with E-state index >= 15 is 0 Å².